The molecule has 1 saturated carbocycles. The fourth-order valence-corrected chi connectivity index (χ4v) is 10.7. The molecule has 0 spiro atoms. The Bertz CT molecular complexity index is 562. The van der Waals surface area contributed by atoms with Crippen molar-refractivity contribution in [2.45, 2.75) is 60.8 Å². The van der Waals surface area contributed by atoms with E-state index in [0.29, 0.717) is 58.9 Å². The van der Waals surface area contributed by atoms with Gasteiger partial charge in [-0.3, -0.25) is 13.7 Å². The molecule has 1 aliphatic rings. The van der Waals surface area contributed by atoms with Crippen molar-refractivity contribution in [1.29, 1.82) is 0 Å². The first-order valence-corrected chi connectivity index (χ1v) is 17.4. The highest BCUT2D eigenvalue weighted by Gasteiger charge is 2.41. The Hall–Kier alpha value is 0.450. The summed E-state index contributed by atoms with van der Waals surface area (Å²) in [5.41, 5.74) is 0. The lowest BCUT2D eigenvalue weighted by molar-refractivity contribution is 0.174. The number of hydrogen-bond donors (Lipinski definition) is 0. The Morgan fingerprint density at radius 1 is 0.455 bits per heavy atom. The Kier molecular flexibility index (Phi) is 14.8. The minimum atomic E-state index is -3.26. The number of rotatable bonds is 18. The molecule has 0 radical (unpaired) electrons. The SMILES string of the molecule is CCOP(=O)(CC1CC(CP(=O)(OCC)OCC)CC(CP(=O)(OCC)OCC)C1)OCC. The molecule has 9 nitrogen and oxygen atoms in total. The average molecular weight is 535 g/mol. The average Bonchev–Trinajstić information content (AvgIpc) is 2.68. The van der Waals surface area contributed by atoms with Crippen LogP contribution in [0.4, 0.5) is 0 Å². The summed E-state index contributed by atoms with van der Waals surface area (Å²) in [5, 5.41) is 0. The molecule has 1 aliphatic carbocycles. The summed E-state index contributed by atoms with van der Waals surface area (Å²) in [5.74, 6) is -0.0248. The second kappa shape index (κ2) is 15.5. The van der Waals surface area contributed by atoms with Gasteiger partial charge in [-0.1, -0.05) is 0 Å². The molecule has 12 heteroatoms. The molecule has 33 heavy (non-hydrogen) atoms. The fourth-order valence-electron chi connectivity index (χ4n) is 4.71. The van der Waals surface area contributed by atoms with Crippen molar-refractivity contribution in [3.63, 3.8) is 0 Å². The minimum Gasteiger partial charge on any atom is -0.309 e. The van der Waals surface area contributed by atoms with Crippen LogP contribution in [-0.2, 0) is 40.8 Å². The van der Waals surface area contributed by atoms with E-state index in [2.05, 4.69) is 0 Å². The van der Waals surface area contributed by atoms with Crippen molar-refractivity contribution in [1.82, 2.24) is 0 Å². The van der Waals surface area contributed by atoms with Gasteiger partial charge in [0.2, 0.25) is 0 Å². The van der Waals surface area contributed by atoms with Gasteiger partial charge in [0.25, 0.3) is 0 Å². The molecule has 0 unspecified atom stereocenters. The van der Waals surface area contributed by atoms with Crippen molar-refractivity contribution in [3.8, 4) is 0 Å². The third kappa shape index (κ3) is 11.4. The third-order valence-electron chi connectivity index (χ3n) is 5.40. The molecule has 0 N–H and O–H groups in total. The first-order chi connectivity index (χ1) is 15.6. The molecule has 0 amide bonds. The molecule has 1 rings (SSSR count). The van der Waals surface area contributed by atoms with E-state index in [0.717, 1.165) is 0 Å². The Balaban J connectivity index is 3.12. The summed E-state index contributed by atoms with van der Waals surface area (Å²) < 4.78 is 72.8. The third-order valence-corrected chi connectivity index (χ3v) is 12.2. The maximum absolute atomic E-state index is 13.2. The maximum atomic E-state index is 13.2. The quantitative estimate of drug-likeness (QED) is 0.175. The van der Waals surface area contributed by atoms with Gasteiger partial charge in [0.05, 0.1) is 58.1 Å². The van der Waals surface area contributed by atoms with Crippen molar-refractivity contribution in [2.24, 2.45) is 17.8 Å². The zero-order chi connectivity index (χ0) is 25.0. The highest BCUT2D eigenvalue weighted by atomic mass is 31.2. The zero-order valence-corrected chi connectivity index (χ0v) is 23.9. The first-order valence-electron chi connectivity index (χ1n) is 12.2. The maximum Gasteiger partial charge on any atom is 0.330 e. The normalized spacial score (nSPS) is 22.5. The van der Waals surface area contributed by atoms with Crippen LogP contribution in [0.1, 0.15) is 60.8 Å². The van der Waals surface area contributed by atoms with E-state index in [4.69, 9.17) is 27.1 Å². The number of hydrogen-bond acceptors (Lipinski definition) is 9. The van der Waals surface area contributed by atoms with E-state index < -0.39 is 22.8 Å². The van der Waals surface area contributed by atoms with Gasteiger partial charge in [0.1, 0.15) is 0 Å². The lowest BCUT2D eigenvalue weighted by Crippen LogP contribution is -2.30. The highest BCUT2D eigenvalue weighted by Crippen LogP contribution is 2.58. The van der Waals surface area contributed by atoms with Gasteiger partial charge >= 0.3 is 22.8 Å². The first kappa shape index (κ1) is 31.5. The predicted octanol–water partition coefficient (Wildman–Crippen LogP) is 6.82. The van der Waals surface area contributed by atoms with Crippen LogP contribution in [0.3, 0.4) is 0 Å². The largest absolute Gasteiger partial charge is 0.330 e. The van der Waals surface area contributed by atoms with Crippen molar-refractivity contribution >= 4 is 22.8 Å². The molecule has 0 aromatic rings. The smallest absolute Gasteiger partial charge is 0.309 e. The van der Waals surface area contributed by atoms with E-state index in [1.807, 2.05) is 0 Å². The van der Waals surface area contributed by atoms with Gasteiger partial charge in [-0.2, -0.15) is 0 Å². The van der Waals surface area contributed by atoms with Crippen LogP contribution in [-0.4, -0.2) is 58.1 Å². The van der Waals surface area contributed by atoms with E-state index in [1.165, 1.54) is 0 Å². The van der Waals surface area contributed by atoms with Gasteiger partial charge in [0, 0.05) is 0 Å². The Morgan fingerprint density at radius 3 is 0.788 bits per heavy atom. The summed E-state index contributed by atoms with van der Waals surface area (Å²) in [6, 6.07) is 0. The molecular weight excluding hydrogens is 489 g/mol. The Labute approximate surface area is 200 Å². The van der Waals surface area contributed by atoms with Crippen LogP contribution in [0.5, 0.6) is 0 Å². The molecular formula is C21H45O9P3. The van der Waals surface area contributed by atoms with Crippen LogP contribution >= 0.6 is 22.8 Å². The molecule has 0 aromatic carbocycles. The van der Waals surface area contributed by atoms with Crippen LogP contribution < -0.4 is 0 Å². The van der Waals surface area contributed by atoms with Crippen LogP contribution in [0.2, 0.25) is 0 Å². The van der Waals surface area contributed by atoms with Gasteiger partial charge in [-0.05, 0) is 78.6 Å². The molecule has 0 saturated heterocycles. The van der Waals surface area contributed by atoms with Gasteiger partial charge < -0.3 is 27.1 Å². The summed E-state index contributed by atoms with van der Waals surface area (Å²) in [4.78, 5) is 0. The van der Waals surface area contributed by atoms with Gasteiger partial charge in [0.15, 0.2) is 0 Å². The van der Waals surface area contributed by atoms with Gasteiger partial charge in [-0.25, -0.2) is 0 Å². The molecule has 0 atom stereocenters. The molecule has 198 valence electrons. The second-order valence-electron chi connectivity index (χ2n) is 8.19. The standard InChI is InChI=1S/C21H45O9P3/c1-7-25-31(22,26-8-2)16-19-13-20(17-32(23,27-9-3)28-10-4)15-21(14-19)18-33(24,29-11-5)30-12-6/h19-21H,7-18H2,1-6H3. The lowest BCUT2D eigenvalue weighted by Gasteiger charge is -2.37. The molecule has 0 bridgehead atoms. The molecule has 0 heterocycles. The molecule has 1 fully saturated rings. The van der Waals surface area contributed by atoms with E-state index in [-0.39, 0.29) is 36.2 Å². The van der Waals surface area contributed by atoms with Crippen molar-refractivity contribution in [2.75, 3.05) is 58.1 Å². The Morgan fingerprint density at radius 2 is 0.636 bits per heavy atom. The van der Waals surface area contributed by atoms with Crippen molar-refractivity contribution in [3.05, 3.63) is 0 Å². The monoisotopic (exact) mass is 534 g/mol. The zero-order valence-electron chi connectivity index (χ0n) is 21.2. The summed E-state index contributed by atoms with van der Waals surface area (Å²) in [7, 11) is -9.77. The second-order valence-corrected chi connectivity index (χ2v) is 14.5. The topological polar surface area (TPSA) is 107 Å². The summed E-state index contributed by atoms with van der Waals surface area (Å²) in [6.45, 7) is 12.5. The van der Waals surface area contributed by atoms with Crippen LogP contribution in [0, 0.1) is 17.8 Å². The van der Waals surface area contributed by atoms with Crippen LogP contribution in [0.25, 0.3) is 0 Å². The predicted molar refractivity (Wildman–Crippen MR) is 131 cm³/mol. The molecule has 0 aliphatic heterocycles. The van der Waals surface area contributed by atoms with E-state index in [9.17, 15) is 13.7 Å². The van der Waals surface area contributed by atoms with Gasteiger partial charge in [-0.15, -0.1) is 0 Å². The van der Waals surface area contributed by atoms with Crippen LogP contribution in [0.15, 0.2) is 0 Å². The summed E-state index contributed by atoms with van der Waals surface area (Å²) in [6.07, 6.45) is 2.88. The highest BCUT2D eigenvalue weighted by molar-refractivity contribution is 7.54. The minimum absolute atomic E-state index is 0.00825. The van der Waals surface area contributed by atoms with E-state index in [1.54, 1.807) is 41.5 Å². The van der Waals surface area contributed by atoms with E-state index >= 15 is 0 Å². The van der Waals surface area contributed by atoms with Crippen molar-refractivity contribution < 1.29 is 40.8 Å². The fraction of sp³-hybridized carbons (Fsp3) is 1.00. The summed E-state index contributed by atoms with van der Waals surface area (Å²) >= 11 is 0. The lowest BCUT2D eigenvalue weighted by atomic mass is 9.77. The molecule has 0 aromatic heterocycles.